The van der Waals surface area contributed by atoms with Crippen LogP contribution >= 0.6 is 0 Å². The molecule has 0 fully saturated rings. The summed E-state index contributed by atoms with van der Waals surface area (Å²) in [6.45, 7) is 1.98. The summed E-state index contributed by atoms with van der Waals surface area (Å²) in [6.07, 6.45) is 0.0178. The van der Waals surface area contributed by atoms with Crippen LogP contribution < -0.4 is 4.74 Å². The Hall–Kier alpha value is -2.69. The van der Waals surface area contributed by atoms with Crippen LogP contribution in [0.15, 0.2) is 48.5 Å². The first-order chi connectivity index (χ1) is 10.6. The second-order valence-corrected chi connectivity index (χ2v) is 4.53. The Morgan fingerprint density at radius 2 is 1.82 bits per heavy atom. The van der Waals surface area contributed by atoms with Gasteiger partial charge in [0, 0.05) is 0 Å². The van der Waals surface area contributed by atoms with Crippen molar-refractivity contribution in [2.75, 3.05) is 6.61 Å². The number of rotatable bonds is 5. The molecule has 0 aliphatic heterocycles. The third kappa shape index (κ3) is 4.41. The molecule has 2 aromatic carbocycles. The zero-order chi connectivity index (χ0) is 15.9. The quantitative estimate of drug-likeness (QED) is 0.629. The molecule has 0 heterocycles. The second kappa shape index (κ2) is 7.36. The van der Waals surface area contributed by atoms with E-state index in [1.54, 1.807) is 25.1 Å². The number of esters is 2. The number of ether oxygens (including phenoxy) is 2. The van der Waals surface area contributed by atoms with E-state index < -0.39 is 11.9 Å². The standard InChI is InChI=1S/C17H15FO4/c1-2-21-17(20)13-4-3-5-15(11-13)22-16(19)10-12-6-8-14(18)9-7-12/h3-9,11H,2,10H2,1H3. The number of hydrogen-bond donors (Lipinski definition) is 0. The van der Waals surface area contributed by atoms with Crippen molar-refractivity contribution in [1.82, 2.24) is 0 Å². The van der Waals surface area contributed by atoms with Crippen molar-refractivity contribution < 1.29 is 23.5 Å². The number of halogens is 1. The molecule has 2 rings (SSSR count). The van der Waals surface area contributed by atoms with Gasteiger partial charge in [0.2, 0.25) is 0 Å². The largest absolute Gasteiger partial charge is 0.462 e. The molecule has 4 nitrogen and oxygen atoms in total. The minimum absolute atomic E-state index is 0.0178. The van der Waals surface area contributed by atoms with Crippen molar-refractivity contribution in [3.05, 3.63) is 65.5 Å². The van der Waals surface area contributed by atoms with Gasteiger partial charge in [-0.2, -0.15) is 0 Å². The summed E-state index contributed by atoms with van der Waals surface area (Å²) in [6, 6.07) is 11.8. The van der Waals surface area contributed by atoms with Crippen molar-refractivity contribution >= 4 is 11.9 Å². The van der Waals surface area contributed by atoms with Crippen LogP contribution in [0.5, 0.6) is 5.75 Å². The Balaban J connectivity index is 2.00. The summed E-state index contributed by atoms with van der Waals surface area (Å²) in [5, 5.41) is 0. The molecule has 0 aromatic heterocycles. The van der Waals surface area contributed by atoms with E-state index in [1.165, 1.54) is 30.3 Å². The number of benzene rings is 2. The van der Waals surface area contributed by atoms with Gasteiger partial charge in [-0.15, -0.1) is 0 Å². The Morgan fingerprint density at radius 3 is 2.50 bits per heavy atom. The van der Waals surface area contributed by atoms with Gasteiger partial charge in [-0.3, -0.25) is 4.79 Å². The van der Waals surface area contributed by atoms with Gasteiger partial charge in [0.25, 0.3) is 0 Å². The van der Waals surface area contributed by atoms with Gasteiger partial charge >= 0.3 is 11.9 Å². The first kappa shape index (κ1) is 15.7. The van der Waals surface area contributed by atoms with Crippen LogP contribution in [0.2, 0.25) is 0 Å². The van der Waals surface area contributed by atoms with Crippen molar-refractivity contribution in [2.24, 2.45) is 0 Å². The van der Waals surface area contributed by atoms with Crippen LogP contribution in [-0.4, -0.2) is 18.5 Å². The molecular weight excluding hydrogens is 287 g/mol. The van der Waals surface area contributed by atoms with Crippen molar-refractivity contribution in [3.8, 4) is 5.75 Å². The maximum Gasteiger partial charge on any atom is 0.338 e. The molecule has 2 aromatic rings. The van der Waals surface area contributed by atoms with E-state index in [4.69, 9.17) is 9.47 Å². The zero-order valence-electron chi connectivity index (χ0n) is 12.0. The maximum absolute atomic E-state index is 12.8. The molecule has 0 saturated carbocycles. The lowest BCUT2D eigenvalue weighted by molar-refractivity contribution is -0.133. The topological polar surface area (TPSA) is 52.6 Å². The fourth-order valence-electron chi connectivity index (χ4n) is 1.84. The molecule has 0 aliphatic carbocycles. The zero-order valence-corrected chi connectivity index (χ0v) is 12.0. The molecular formula is C17H15FO4. The van der Waals surface area contributed by atoms with Gasteiger partial charge in [-0.1, -0.05) is 18.2 Å². The van der Waals surface area contributed by atoms with E-state index in [0.29, 0.717) is 11.1 Å². The van der Waals surface area contributed by atoms with E-state index in [2.05, 4.69) is 0 Å². The summed E-state index contributed by atoms with van der Waals surface area (Å²) < 4.78 is 22.9. The van der Waals surface area contributed by atoms with Gasteiger partial charge in [0.1, 0.15) is 11.6 Å². The highest BCUT2D eigenvalue weighted by Gasteiger charge is 2.10. The molecule has 0 spiro atoms. The van der Waals surface area contributed by atoms with E-state index in [-0.39, 0.29) is 24.6 Å². The van der Waals surface area contributed by atoms with Crippen LogP contribution in [0.1, 0.15) is 22.8 Å². The Morgan fingerprint density at radius 1 is 1.09 bits per heavy atom. The third-order valence-electron chi connectivity index (χ3n) is 2.84. The highest BCUT2D eigenvalue weighted by molar-refractivity contribution is 5.90. The second-order valence-electron chi connectivity index (χ2n) is 4.53. The minimum Gasteiger partial charge on any atom is -0.462 e. The van der Waals surface area contributed by atoms with Gasteiger partial charge in [-0.05, 0) is 42.8 Å². The predicted molar refractivity (Wildman–Crippen MR) is 78.1 cm³/mol. The molecule has 22 heavy (non-hydrogen) atoms. The monoisotopic (exact) mass is 302 g/mol. The highest BCUT2D eigenvalue weighted by atomic mass is 19.1. The minimum atomic E-state index is -0.493. The number of carbonyl (C=O) groups excluding carboxylic acids is 2. The summed E-state index contributed by atoms with van der Waals surface area (Å²) in [5.41, 5.74) is 0.960. The molecule has 0 radical (unpaired) electrons. The third-order valence-corrected chi connectivity index (χ3v) is 2.84. The smallest absolute Gasteiger partial charge is 0.338 e. The van der Waals surface area contributed by atoms with Gasteiger partial charge in [0.05, 0.1) is 18.6 Å². The van der Waals surface area contributed by atoms with E-state index in [9.17, 15) is 14.0 Å². The van der Waals surface area contributed by atoms with Crippen LogP contribution in [0, 0.1) is 5.82 Å². The lowest BCUT2D eigenvalue weighted by Crippen LogP contribution is -2.12. The number of carbonyl (C=O) groups is 2. The molecule has 5 heteroatoms. The first-order valence-corrected chi connectivity index (χ1v) is 6.81. The van der Waals surface area contributed by atoms with Gasteiger partial charge < -0.3 is 9.47 Å². The molecule has 0 N–H and O–H groups in total. The summed E-state index contributed by atoms with van der Waals surface area (Å²) in [4.78, 5) is 23.4. The average molecular weight is 302 g/mol. The van der Waals surface area contributed by atoms with Crippen LogP contribution in [0.3, 0.4) is 0 Å². The first-order valence-electron chi connectivity index (χ1n) is 6.81. The van der Waals surface area contributed by atoms with Crippen molar-refractivity contribution in [1.29, 1.82) is 0 Å². The molecule has 114 valence electrons. The maximum atomic E-state index is 12.8. The summed E-state index contributed by atoms with van der Waals surface area (Å²) >= 11 is 0. The van der Waals surface area contributed by atoms with Crippen molar-refractivity contribution in [2.45, 2.75) is 13.3 Å². The Bertz CT molecular complexity index is 665. The average Bonchev–Trinajstić information content (AvgIpc) is 2.50. The molecule has 0 unspecified atom stereocenters. The van der Waals surface area contributed by atoms with Crippen LogP contribution in [-0.2, 0) is 16.0 Å². The molecule has 0 saturated heterocycles. The fraction of sp³-hybridized carbons (Fsp3) is 0.176. The lowest BCUT2D eigenvalue weighted by Gasteiger charge is -2.06. The normalized spacial score (nSPS) is 10.1. The Kier molecular flexibility index (Phi) is 5.25. The summed E-state index contributed by atoms with van der Waals surface area (Å²) in [5.74, 6) is -1.07. The van der Waals surface area contributed by atoms with E-state index in [1.807, 2.05) is 0 Å². The van der Waals surface area contributed by atoms with E-state index >= 15 is 0 Å². The number of hydrogen-bond acceptors (Lipinski definition) is 4. The van der Waals surface area contributed by atoms with Gasteiger partial charge in [0.15, 0.2) is 0 Å². The lowest BCUT2D eigenvalue weighted by atomic mass is 10.1. The predicted octanol–water partition coefficient (Wildman–Crippen LogP) is 3.15. The van der Waals surface area contributed by atoms with Gasteiger partial charge in [-0.25, -0.2) is 9.18 Å². The Labute approximate surface area is 127 Å². The van der Waals surface area contributed by atoms with Crippen LogP contribution in [0.25, 0.3) is 0 Å². The molecule has 0 aliphatic rings. The molecule has 0 amide bonds. The fourth-order valence-corrected chi connectivity index (χ4v) is 1.84. The van der Waals surface area contributed by atoms with Crippen molar-refractivity contribution in [3.63, 3.8) is 0 Å². The SMILES string of the molecule is CCOC(=O)c1cccc(OC(=O)Cc2ccc(F)cc2)c1. The summed E-state index contributed by atoms with van der Waals surface area (Å²) in [7, 11) is 0. The molecule has 0 atom stereocenters. The van der Waals surface area contributed by atoms with Crippen LogP contribution in [0.4, 0.5) is 4.39 Å². The van der Waals surface area contributed by atoms with E-state index in [0.717, 1.165) is 0 Å². The highest BCUT2D eigenvalue weighted by Crippen LogP contribution is 2.15. The molecule has 0 bridgehead atoms.